The Balaban J connectivity index is 1.63. The van der Waals surface area contributed by atoms with Gasteiger partial charge in [0.05, 0.1) is 17.6 Å². The third-order valence-electron chi connectivity index (χ3n) is 4.52. The highest BCUT2D eigenvalue weighted by Gasteiger charge is 2.41. The summed E-state index contributed by atoms with van der Waals surface area (Å²) in [5.74, 6) is -1.25. The van der Waals surface area contributed by atoms with Crippen LogP contribution in [-0.4, -0.2) is 25.1 Å². The van der Waals surface area contributed by atoms with E-state index < -0.39 is 35.6 Å². The Hall–Kier alpha value is -3.66. The molecule has 164 valence electrons. The number of esters is 1. The van der Waals surface area contributed by atoms with Crippen LogP contribution in [-0.2, 0) is 17.5 Å². The average molecular weight is 463 g/mol. The fraction of sp³-hybridized carbons (Fsp3) is 0.143. The number of nitrogens with zero attached hydrogens (tertiary/aromatic N) is 4. The number of fused-ring (bicyclic) bond motifs is 1. The number of hydrogen-bond donors (Lipinski definition) is 0. The molecule has 0 fully saturated rings. The second-order valence-electron chi connectivity index (χ2n) is 6.89. The van der Waals surface area contributed by atoms with E-state index in [1.807, 2.05) is 6.92 Å². The lowest BCUT2D eigenvalue weighted by Gasteiger charge is -2.13. The van der Waals surface area contributed by atoms with Crippen LogP contribution in [0.4, 0.5) is 13.2 Å². The molecule has 0 radical (unpaired) electrons. The minimum Gasteiger partial charge on any atom is -0.455 e. The van der Waals surface area contributed by atoms with E-state index in [1.54, 1.807) is 18.3 Å². The number of carbonyl (C=O) groups excluding carboxylic acids is 1. The molecule has 0 bridgehead atoms. The van der Waals surface area contributed by atoms with Crippen molar-refractivity contribution in [1.29, 1.82) is 0 Å². The number of alkyl halides is 3. The third kappa shape index (κ3) is 4.22. The first-order valence-electron chi connectivity index (χ1n) is 9.21. The van der Waals surface area contributed by atoms with Crippen molar-refractivity contribution in [2.45, 2.75) is 19.7 Å². The first-order chi connectivity index (χ1) is 15.1. The molecule has 11 heteroatoms. The van der Waals surface area contributed by atoms with Crippen LogP contribution in [0.2, 0.25) is 5.02 Å². The molecule has 3 heterocycles. The maximum atomic E-state index is 13.8. The number of ether oxygens (including phenoxy) is 1. The smallest absolute Gasteiger partial charge is 0.434 e. The van der Waals surface area contributed by atoms with Crippen molar-refractivity contribution in [2.75, 3.05) is 0 Å². The lowest BCUT2D eigenvalue weighted by atomic mass is 10.2. The lowest BCUT2D eigenvalue weighted by molar-refractivity contribution is -0.143. The Kier molecular flexibility index (Phi) is 5.47. The Morgan fingerprint density at radius 2 is 1.97 bits per heavy atom. The van der Waals surface area contributed by atoms with E-state index in [4.69, 9.17) is 16.3 Å². The normalized spacial score (nSPS) is 11.7. The second-order valence-corrected chi connectivity index (χ2v) is 7.33. The molecule has 0 saturated carbocycles. The van der Waals surface area contributed by atoms with Crippen molar-refractivity contribution in [3.05, 3.63) is 92.7 Å². The lowest BCUT2D eigenvalue weighted by Crippen LogP contribution is -2.19. The number of hydrogen-bond acceptors (Lipinski definition) is 5. The van der Waals surface area contributed by atoms with Crippen LogP contribution < -0.4 is 5.56 Å². The van der Waals surface area contributed by atoms with E-state index in [0.29, 0.717) is 10.3 Å². The number of carbonyl (C=O) groups is 1. The fourth-order valence-electron chi connectivity index (χ4n) is 3.12. The average Bonchev–Trinajstić information content (AvgIpc) is 3.18. The maximum absolute atomic E-state index is 13.8. The van der Waals surface area contributed by atoms with Gasteiger partial charge in [-0.3, -0.25) is 9.20 Å². The van der Waals surface area contributed by atoms with Gasteiger partial charge in [-0.25, -0.2) is 14.5 Å². The monoisotopic (exact) mass is 462 g/mol. The van der Waals surface area contributed by atoms with E-state index in [-0.39, 0.29) is 16.4 Å². The molecule has 0 unspecified atom stereocenters. The summed E-state index contributed by atoms with van der Waals surface area (Å²) in [7, 11) is 0. The first kappa shape index (κ1) is 21.6. The van der Waals surface area contributed by atoms with Crippen LogP contribution in [0.15, 0.2) is 59.7 Å². The molecule has 0 atom stereocenters. The van der Waals surface area contributed by atoms with Gasteiger partial charge in [0.1, 0.15) is 17.8 Å². The SMILES string of the molecule is Cc1ccc2nc(COC(=O)c3cnn(-c4cccc(Cl)c4)c3C(F)(F)F)cc(=O)n2c1. The summed E-state index contributed by atoms with van der Waals surface area (Å²) < 4.78 is 48.2. The van der Waals surface area contributed by atoms with Gasteiger partial charge in [-0.15, -0.1) is 0 Å². The Morgan fingerprint density at radius 1 is 1.19 bits per heavy atom. The van der Waals surface area contributed by atoms with Crippen molar-refractivity contribution >= 4 is 23.2 Å². The van der Waals surface area contributed by atoms with Crippen LogP contribution in [0, 0.1) is 6.92 Å². The molecule has 0 saturated heterocycles. The van der Waals surface area contributed by atoms with E-state index >= 15 is 0 Å². The summed E-state index contributed by atoms with van der Waals surface area (Å²) >= 11 is 5.86. The highest BCUT2D eigenvalue weighted by atomic mass is 35.5. The minimum absolute atomic E-state index is 0.0309. The molecule has 0 amide bonds. The van der Waals surface area contributed by atoms with Gasteiger partial charge in [-0.05, 0) is 36.8 Å². The molecule has 4 rings (SSSR count). The van der Waals surface area contributed by atoms with Crippen LogP contribution in [0.3, 0.4) is 0 Å². The van der Waals surface area contributed by atoms with Crippen LogP contribution in [0.1, 0.15) is 27.3 Å². The van der Waals surface area contributed by atoms with Crippen LogP contribution in [0.5, 0.6) is 0 Å². The van der Waals surface area contributed by atoms with Gasteiger partial charge in [0.2, 0.25) is 0 Å². The Labute approximate surface area is 183 Å². The number of benzene rings is 1. The van der Waals surface area contributed by atoms with Crippen molar-refractivity contribution in [3.8, 4) is 5.69 Å². The van der Waals surface area contributed by atoms with Gasteiger partial charge < -0.3 is 4.74 Å². The van der Waals surface area contributed by atoms with Crippen molar-refractivity contribution < 1.29 is 22.7 Å². The summed E-state index contributed by atoms with van der Waals surface area (Å²) in [4.78, 5) is 28.9. The molecule has 1 aromatic carbocycles. The molecule has 0 aliphatic rings. The Bertz CT molecular complexity index is 1400. The van der Waals surface area contributed by atoms with Gasteiger partial charge in [0.15, 0.2) is 5.69 Å². The summed E-state index contributed by atoms with van der Waals surface area (Å²) in [6, 6.07) is 10.1. The summed E-state index contributed by atoms with van der Waals surface area (Å²) in [6.07, 6.45) is -2.52. The molecule has 32 heavy (non-hydrogen) atoms. The number of pyridine rings is 1. The van der Waals surface area contributed by atoms with Gasteiger partial charge in [0.25, 0.3) is 5.56 Å². The highest BCUT2D eigenvalue weighted by molar-refractivity contribution is 6.30. The second kappa shape index (κ2) is 8.12. The molecule has 4 aromatic rings. The van der Waals surface area contributed by atoms with E-state index in [0.717, 1.165) is 17.8 Å². The summed E-state index contributed by atoms with van der Waals surface area (Å²) in [5.41, 5.74) is -1.19. The predicted octanol–water partition coefficient (Wildman–Crippen LogP) is 4.22. The van der Waals surface area contributed by atoms with Gasteiger partial charge in [-0.1, -0.05) is 23.7 Å². The van der Waals surface area contributed by atoms with E-state index in [1.165, 1.54) is 28.7 Å². The topological polar surface area (TPSA) is 78.5 Å². The minimum atomic E-state index is -4.90. The van der Waals surface area contributed by atoms with Gasteiger partial charge >= 0.3 is 12.1 Å². The van der Waals surface area contributed by atoms with Gasteiger partial charge in [0, 0.05) is 17.3 Å². The largest absolute Gasteiger partial charge is 0.455 e. The molecule has 0 aliphatic heterocycles. The van der Waals surface area contributed by atoms with Crippen LogP contribution >= 0.6 is 11.6 Å². The van der Waals surface area contributed by atoms with E-state index in [9.17, 15) is 22.8 Å². The van der Waals surface area contributed by atoms with Crippen molar-refractivity contribution in [3.63, 3.8) is 0 Å². The zero-order chi connectivity index (χ0) is 23.0. The highest BCUT2D eigenvalue weighted by Crippen LogP contribution is 2.34. The molecule has 3 aromatic heterocycles. The molecule has 7 nitrogen and oxygen atoms in total. The standard InChI is InChI=1S/C21H14ClF3N4O3/c1-12-5-6-17-27-14(8-18(30)28(17)10-12)11-32-20(31)16-9-26-29(19(16)21(23,24)25)15-4-2-3-13(22)7-15/h2-10H,11H2,1H3. The number of rotatable bonds is 4. The third-order valence-corrected chi connectivity index (χ3v) is 4.76. The summed E-state index contributed by atoms with van der Waals surface area (Å²) in [5, 5.41) is 3.91. The van der Waals surface area contributed by atoms with E-state index in [2.05, 4.69) is 10.1 Å². The number of aromatic nitrogens is 4. The predicted molar refractivity (Wildman–Crippen MR) is 109 cm³/mol. The molecule has 0 aliphatic carbocycles. The zero-order valence-electron chi connectivity index (χ0n) is 16.4. The molecule has 0 N–H and O–H groups in total. The van der Waals surface area contributed by atoms with Crippen molar-refractivity contribution in [2.24, 2.45) is 0 Å². The van der Waals surface area contributed by atoms with Gasteiger partial charge in [-0.2, -0.15) is 18.3 Å². The van der Waals surface area contributed by atoms with Crippen molar-refractivity contribution in [1.82, 2.24) is 19.2 Å². The first-order valence-corrected chi connectivity index (χ1v) is 9.58. The molecule has 0 spiro atoms. The fourth-order valence-corrected chi connectivity index (χ4v) is 3.31. The molecular formula is C21H14ClF3N4O3. The quantitative estimate of drug-likeness (QED) is 0.424. The summed E-state index contributed by atoms with van der Waals surface area (Å²) in [6.45, 7) is 1.32. The number of aryl methyl sites for hydroxylation is 1. The number of halogens is 4. The maximum Gasteiger partial charge on any atom is 0.434 e. The molecular weight excluding hydrogens is 449 g/mol. The van der Waals surface area contributed by atoms with Crippen LogP contribution in [0.25, 0.3) is 11.3 Å². The zero-order valence-corrected chi connectivity index (χ0v) is 17.2. The Morgan fingerprint density at radius 3 is 2.69 bits per heavy atom.